The fourth-order valence-corrected chi connectivity index (χ4v) is 8.19. The van der Waals surface area contributed by atoms with Crippen LogP contribution in [-0.2, 0) is 38.7 Å². The van der Waals surface area contributed by atoms with E-state index in [-0.39, 0.29) is 48.3 Å². The highest BCUT2D eigenvalue weighted by Gasteiger charge is 2.54. The standard InChI is InChI=1S/C32H30N4O14S2/c1-2-49-32(46)34-52(47,48)21-12-6-5-10-19(21)31(45)50-14-16-15-51-28-23(27(40)36(28)24(16)30(43)44)33-22(37)13-7-11-20(29(41)42)35-25(38)17-8-3-4-9-18(17)26(35)39/h3-6,8-10,12,20,23,28H,2,7,11,13-15H2,1H3,(H,33,37)(H,34,46)(H,41,42)(H,43,44)/t20?,23-,28+/m1/s1. The van der Waals surface area contributed by atoms with E-state index in [0.29, 0.717) is 4.90 Å². The maximum Gasteiger partial charge on any atom is 0.421 e. The molecular formula is C32H30N4O14S2. The van der Waals surface area contributed by atoms with Gasteiger partial charge in [0.05, 0.1) is 23.3 Å². The van der Waals surface area contributed by atoms with Crippen LogP contribution < -0.4 is 10.0 Å². The van der Waals surface area contributed by atoms with Crippen LogP contribution in [0.1, 0.15) is 57.3 Å². The highest BCUT2D eigenvalue weighted by atomic mass is 32.2. The number of carbonyl (C=O) groups is 8. The Bertz CT molecular complexity index is 2000. The molecule has 1 saturated heterocycles. The number of rotatable bonds is 14. The molecule has 4 N–H and O–H groups in total. The van der Waals surface area contributed by atoms with Crippen molar-refractivity contribution in [3.63, 3.8) is 0 Å². The van der Waals surface area contributed by atoms with Crippen molar-refractivity contribution >= 4 is 69.4 Å². The first-order valence-corrected chi connectivity index (χ1v) is 18.1. The summed E-state index contributed by atoms with van der Waals surface area (Å²) < 4.78 is 36.9. The number of ether oxygens (including phenoxy) is 2. The minimum Gasteiger partial charge on any atom is -0.480 e. The van der Waals surface area contributed by atoms with E-state index in [1.165, 1.54) is 31.2 Å². The molecule has 1 fully saturated rings. The summed E-state index contributed by atoms with van der Waals surface area (Å²) in [5.74, 6) is -7.13. The van der Waals surface area contributed by atoms with Crippen molar-refractivity contribution in [3.8, 4) is 0 Å². The van der Waals surface area contributed by atoms with Gasteiger partial charge in [-0.1, -0.05) is 24.3 Å². The highest BCUT2D eigenvalue weighted by molar-refractivity contribution is 8.00. The molecule has 3 aliphatic rings. The van der Waals surface area contributed by atoms with Crippen LogP contribution in [0.3, 0.4) is 0 Å². The Labute approximate surface area is 299 Å². The first-order valence-electron chi connectivity index (χ1n) is 15.5. The van der Waals surface area contributed by atoms with Gasteiger partial charge in [-0.3, -0.25) is 29.0 Å². The first-order chi connectivity index (χ1) is 24.7. The van der Waals surface area contributed by atoms with Crippen molar-refractivity contribution in [2.24, 2.45) is 0 Å². The topological polar surface area (TPSA) is 260 Å². The second-order valence-corrected chi connectivity index (χ2v) is 14.1. The number of nitrogens with one attached hydrogen (secondary N) is 2. The number of β-lactam (4-membered cyclic amide) rings is 1. The average molecular weight is 759 g/mol. The van der Waals surface area contributed by atoms with Gasteiger partial charge in [-0.2, -0.15) is 0 Å². The molecule has 3 heterocycles. The molecular weight excluding hydrogens is 728 g/mol. The molecule has 2 aromatic rings. The summed E-state index contributed by atoms with van der Waals surface area (Å²) in [7, 11) is -4.57. The van der Waals surface area contributed by atoms with Gasteiger partial charge in [0, 0.05) is 17.7 Å². The van der Waals surface area contributed by atoms with E-state index in [0.717, 1.165) is 28.8 Å². The van der Waals surface area contributed by atoms with E-state index in [1.54, 1.807) is 16.9 Å². The van der Waals surface area contributed by atoms with E-state index in [4.69, 9.17) is 4.74 Å². The van der Waals surface area contributed by atoms with E-state index in [1.807, 2.05) is 0 Å². The number of esters is 1. The molecule has 0 bridgehead atoms. The molecule has 0 saturated carbocycles. The summed E-state index contributed by atoms with van der Waals surface area (Å²) in [5, 5.41) is 21.4. The lowest BCUT2D eigenvalue weighted by Gasteiger charge is -2.49. The number of amides is 5. The maximum atomic E-state index is 13.1. The van der Waals surface area contributed by atoms with Gasteiger partial charge in [0.1, 0.15) is 34.7 Å². The lowest BCUT2D eigenvalue weighted by molar-refractivity contribution is -0.150. The van der Waals surface area contributed by atoms with Gasteiger partial charge in [0.25, 0.3) is 27.7 Å². The molecule has 52 heavy (non-hydrogen) atoms. The third-order valence-electron chi connectivity index (χ3n) is 8.14. The predicted octanol–water partition coefficient (Wildman–Crippen LogP) is 0.937. The van der Waals surface area contributed by atoms with E-state index < -0.39 is 97.9 Å². The van der Waals surface area contributed by atoms with Gasteiger partial charge >= 0.3 is 24.0 Å². The number of aliphatic carboxylic acids is 2. The number of carbonyl (C=O) groups excluding carboxylic acids is 6. The summed E-state index contributed by atoms with van der Waals surface area (Å²) in [4.78, 5) is 101. The third kappa shape index (κ3) is 7.33. The Kier molecular flexibility index (Phi) is 11.0. The van der Waals surface area contributed by atoms with Gasteiger partial charge in [-0.25, -0.2) is 32.3 Å². The number of hydrogen-bond donors (Lipinski definition) is 4. The van der Waals surface area contributed by atoms with Gasteiger partial charge in [0.2, 0.25) is 5.91 Å². The molecule has 5 rings (SSSR count). The van der Waals surface area contributed by atoms with Crippen LogP contribution >= 0.6 is 11.8 Å². The molecule has 0 radical (unpaired) electrons. The average Bonchev–Trinajstić information content (AvgIpc) is 3.35. The van der Waals surface area contributed by atoms with Crippen molar-refractivity contribution in [1.29, 1.82) is 0 Å². The zero-order valence-corrected chi connectivity index (χ0v) is 28.7. The molecule has 18 nitrogen and oxygen atoms in total. The second-order valence-electron chi connectivity index (χ2n) is 11.4. The zero-order valence-electron chi connectivity index (χ0n) is 27.1. The fourth-order valence-electron chi connectivity index (χ4n) is 5.78. The Morgan fingerprint density at radius 3 is 2.21 bits per heavy atom. The molecule has 20 heteroatoms. The fraction of sp³-hybridized carbons (Fsp3) is 0.312. The number of benzene rings is 2. The largest absolute Gasteiger partial charge is 0.480 e. The molecule has 3 aliphatic heterocycles. The molecule has 0 aromatic heterocycles. The van der Waals surface area contributed by atoms with Crippen LogP contribution in [0, 0.1) is 0 Å². The lowest BCUT2D eigenvalue weighted by atomic mass is 10.0. The van der Waals surface area contributed by atoms with Crippen LogP contribution in [0.4, 0.5) is 4.79 Å². The summed E-state index contributed by atoms with van der Waals surface area (Å²) in [5.41, 5.74) is -0.779. The highest BCUT2D eigenvalue weighted by Crippen LogP contribution is 2.40. The summed E-state index contributed by atoms with van der Waals surface area (Å²) >= 11 is 1.07. The van der Waals surface area contributed by atoms with Crippen molar-refractivity contribution < 1.29 is 66.5 Å². The Morgan fingerprint density at radius 1 is 0.962 bits per heavy atom. The van der Waals surface area contributed by atoms with Crippen LogP contribution in [0.2, 0.25) is 0 Å². The summed E-state index contributed by atoms with van der Waals surface area (Å²) in [6.45, 7) is 0.704. The number of sulfonamides is 1. The van der Waals surface area contributed by atoms with Crippen LogP contribution in [0.5, 0.6) is 0 Å². The van der Waals surface area contributed by atoms with E-state index in [9.17, 15) is 57.0 Å². The zero-order chi connectivity index (χ0) is 37.9. The normalized spacial score (nSPS) is 18.5. The molecule has 1 unspecified atom stereocenters. The molecule has 0 aliphatic carbocycles. The minimum absolute atomic E-state index is 0.0121. The number of carboxylic acids is 2. The number of fused-ring (bicyclic) bond motifs is 2. The smallest absolute Gasteiger partial charge is 0.421 e. The molecule has 3 atom stereocenters. The van der Waals surface area contributed by atoms with Crippen LogP contribution in [0.15, 0.2) is 64.7 Å². The quantitative estimate of drug-likeness (QED) is 0.119. The van der Waals surface area contributed by atoms with Gasteiger partial charge < -0.3 is 25.0 Å². The molecule has 274 valence electrons. The predicted molar refractivity (Wildman–Crippen MR) is 176 cm³/mol. The minimum atomic E-state index is -4.57. The summed E-state index contributed by atoms with van der Waals surface area (Å²) in [6.07, 6.45) is -1.86. The Morgan fingerprint density at radius 2 is 1.60 bits per heavy atom. The van der Waals surface area contributed by atoms with Gasteiger partial charge in [-0.15, -0.1) is 11.8 Å². The first kappa shape index (κ1) is 37.5. The van der Waals surface area contributed by atoms with Gasteiger partial charge in [-0.05, 0) is 44.0 Å². The molecule has 0 spiro atoms. The van der Waals surface area contributed by atoms with Crippen molar-refractivity contribution in [2.75, 3.05) is 19.0 Å². The van der Waals surface area contributed by atoms with E-state index in [2.05, 4.69) is 10.1 Å². The number of carboxylic acid groups (broad SMARTS) is 2. The Balaban J connectivity index is 1.19. The monoisotopic (exact) mass is 758 g/mol. The Hall–Kier alpha value is -5.76. The molecule has 5 amide bonds. The summed E-state index contributed by atoms with van der Waals surface area (Å²) in [6, 6.07) is 8.05. The number of imide groups is 1. The van der Waals surface area contributed by atoms with Crippen molar-refractivity contribution in [1.82, 2.24) is 19.8 Å². The van der Waals surface area contributed by atoms with Crippen molar-refractivity contribution in [3.05, 3.63) is 76.5 Å². The SMILES string of the molecule is CCOC(=O)NS(=O)(=O)c1ccccc1C(=O)OCC1=C(C(=O)O)N2C(=O)[C@@H](NC(=O)CCCC(C(=O)O)N3C(=O)c4ccccc4C3=O)[C@@H]2SC1. The third-order valence-corrected chi connectivity index (χ3v) is 10.8. The number of hydrogen-bond acceptors (Lipinski definition) is 13. The molecule has 2 aromatic carbocycles. The lowest BCUT2D eigenvalue weighted by Crippen LogP contribution is -2.70. The van der Waals surface area contributed by atoms with Gasteiger partial charge in [0.15, 0.2) is 0 Å². The van der Waals surface area contributed by atoms with Crippen LogP contribution in [-0.4, -0.2) is 112 Å². The van der Waals surface area contributed by atoms with E-state index >= 15 is 0 Å². The second kappa shape index (κ2) is 15.2. The number of nitrogens with zero attached hydrogens (tertiary/aromatic N) is 2. The van der Waals surface area contributed by atoms with Crippen LogP contribution in [0.25, 0.3) is 0 Å². The number of thioether (sulfide) groups is 1. The van der Waals surface area contributed by atoms with Crippen molar-refractivity contribution in [2.45, 2.75) is 48.5 Å². The maximum absolute atomic E-state index is 13.1.